The third-order valence-electron chi connectivity index (χ3n) is 3.45. The number of aliphatic imine (C=N–C) groups is 1. The number of para-hydroxylation sites is 1. The number of aromatic nitrogens is 1. The van der Waals surface area contributed by atoms with Gasteiger partial charge in [0.25, 0.3) is 0 Å². The number of benzene rings is 1. The Kier molecular flexibility index (Phi) is 6.97. The first-order valence-electron chi connectivity index (χ1n) is 7.77. The molecule has 0 fully saturated rings. The molecule has 1 heterocycles. The standard InChI is InChI=1S/C17H23N5O2/c1-18-17(22-12-16(23)20-9-10-24-2)21-11-13-7-8-19-15-6-4-3-5-14(13)15/h3-8H,9-12H2,1-2H3,(H,20,23)(H2,18,21,22). The molecular weight excluding hydrogens is 306 g/mol. The second-order valence-corrected chi connectivity index (χ2v) is 5.11. The third-order valence-corrected chi connectivity index (χ3v) is 3.45. The molecular formula is C17H23N5O2. The van der Waals surface area contributed by atoms with E-state index in [9.17, 15) is 4.79 Å². The van der Waals surface area contributed by atoms with Gasteiger partial charge in [-0.2, -0.15) is 0 Å². The first-order valence-corrected chi connectivity index (χ1v) is 7.77. The van der Waals surface area contributed by atoms with Crippen LogP contribution in [0.15, 0.2) is 41.5 Å². The van der Waals surface area contributed by atoms with Gasteiger partial charge in [0.2, 0.25) is 5.91 Å². The Morgan fingerprint density at radius 2 is 2.04 bits per heavy atom. The summed E-state index contributed by atoms with van der Waals surface area (Å²) in [6.07, 6.45) is 1.79. The molecule has 0 aliphatic rings. The van der Waals surface area contributed by atoms with E-state index in [1.165, 1.54) is 0 Å². The molecule has 0 aliphatic carbocycles. The summed E-state index contributed by atoms with van der Waals surface area (Å²) in [5.74, 6) is 0.460. The van der Waals surface area contributed by atoms with E-state index in [-0.39, 0.29) is 12.5 Å². The summed E-state index contributed by atoms with van der Waals surface area (Å²) in [5, 5.41) is 10.0. The third kappa shape index (κ3) is 5.20. The molecule has 2 rings (SSSR count). The van der Waals surface area contributed by atoms with Crippen LogP contribution in [0, 0.1) is 0 Å². The van der Waals surface area contributed by atoms with E-state index in [0.717, 1.165) is 16.5 Å². The molecule has 2 aromatic rings. The lowest BCUT2D eigenvalue weighted by Gasteiger charge is -2.13. The Labute approximate surface area is 141 Å². The van der Waals surface area contributed by atoms with Crippen molar-refractivity contribution < 1.29 is 9.53 Å². The number of hydrogen-bond acceptors (Lipinski definition) is 4. The largest absolute Gasteiger partial charge is 0.383 e. The normalized spacial score (nSPS) is 11.3. The summed E-state index contributed by atoms with van der Waals surface area (Å²) < 4.78 is 4.89. The summed E-state index contributed by atoms with van der Waals surface area (Å²) in [5.41, 5.74) is 2.07. The van der Waals surface area contributed by atoms with Crippen molar-refractivity contribution in [2.24, 2.45) is 4.99 Å². The molecule has 1 aromatic heterocycles. The van der Waals surface area contributed by atoms with Crippen molar-refractivity contribution in [1.29, 1.82) is 0 Å². The predicted octanol–water partition coefficient (Wildman–Crippen LogP) is 0.662. The van der Waals surface area contributed by atoms with Crippen LogP contribution in [-0.4, -0.2) is 50.7 Å². The molecule has 1 aromatic carbocycles. The number of amides is 1. The molecule has 0 spiro atoms. The summed E-state index contributed by atoms with van der Waals surface area (Å²) in [6.45, 7) is 1.73. The van der Waals surface area contributed by atoms with E-state index in [0.29, 0.717) is 25.7 Å². The molecule has 0 atom stereocenters. The minimum absolute atomic E-state index is 0.107. The Bertz CT molecular complexity index is 697. The molecule has 0 radical (unpaired) electrons. The van der Waals surface area contributed by atoms with Crippen LogP contribution < -0.4 is 16.0 Å². The van der Waals surface area contributed by atoms with Crippen molar-refractivity contribution in [3.8, 4) is 0 Å². The molecule has 7 heteroatoms. The number of guanidine groups is 1. The van der Waals surface area contributed by atoms with Gasteiger partial charge in [-0.1, -0.05) is 18.2 Å². The average Bonchev–Trinajstić information content (AvgIpc) is 2.62. The van der Waals surface area contributed by atoms with Crippen LogP contribution in [0.1, 0.15) is 5.56 Å². The molecule has 0 bridgehead atoms. The van der Waals surface area contributed by atoms with Gasteiger partial charge >= 0.3 is 0 Å². The highest BCUT2D eigenvalue weighted by atomic mass is 16.5. The summed E-state index contributed by atoms with van der Waals surface area (Å²) in [6, 6.07) is 9.95. The lowest BCUT2D eigenvalue weighted by Crippen LogP contribution is -2.43. The number of fused-ring (bicyclic) bond motifs is 1. The van der Waals surface area contributed by atoms with Gasteiger partial charge in [0.05, 0.1) is 18.7 Å². The fourth-order valence-electron chi connectivity index (χ4n) is 2.23. The topological polar surface area (TPSA) is 87.6 Å². The Hall–Kier alpha value is -2.67. The lowest BCUT2D eigenvalue weighted by atomic mass is 10.1. The number of nitrogens with zero attached hydrogens (tertiary/aromatic N) is 2. The number of nitrogens with one attached hydrogen (secondary N) is 3. The maximum atomic E-state index is 11.7. The van der Waals surface area contributed by atoms with E-state index in [4.69, 9.17) is 4.74 Å². The van der Waals surface area contributed by atoms with Crippen molar-refractivity contribution in [3.05, 3.63) is 42.1 Å². The van der Waals surface area contributed by atoms with Crippen molar-refractivity contribution in [1.82, 2.24) is 20.9 Å². The van der Waals surface area contributed by atoms with Crippen molar-refractivity contribution in [2.75, 3.05) is 33.9 Å². The highest BCUT2D eigenvalue weighted by Crippen LogP contribution is 2.15. The van der Waals surface area contributed by atoms with Gasteiger partial charge in [0, 0.05) is 38.8 Å². The van der Waals surface area contributed by atoms with Crippen LogP contribution in [0.4, 0.5) is 0 Å². The molecule has 0 unspecified atom stereocenters. The number of methoxy groups -OCH3 is 1. The second kappa shape index (κ2) is 9.46. The van der Waals surface area contributed by atoms with E-state index < -0.39 is 0 Å². The average molecular weight is 329 g/mol. The predicted molar refractivity (Wildman–Crippen MR) is 94.8 cm³/mol. The highest BCUT2D eigenvalue weighted by Gasteiger charge is 2.05. The van der Waals surface area contributed by atoms with Crippen LogP contribution in [0.5, 0.6) is 0 Å². The van der Waals surface area contributed by atoms with Crippen LogP contribution in [0.25, 0.3) is 10.9 Å². The second-order valence-electron chi connectivity index (χ2n) is 5.11. The van der Waals surface area contributed by atoms with E-state index in [2.05, 4.69) is 25.9 Å². The SMILES string of the molecule is CN=C(NCC(=O)NCCOC)NCc1ccnc2ccccc12. The number of hydrogen-bond donors (Lipinski definition) is 3. The van der Waals surface area contributed by atoms with Crippen molar-refractivity contribution in [3.63, 3.8) is 0 Å². The summed E-state index contributed by atoms with van der Waals surface area (Å²) in [7, 11) is 3.27. The first kappa shape index (κ1) is 17.7. The highest BCUT2D eigenvalue weighted by molar-refractivity contribution is 5.87. The minimum Gasteiger partial charge on any atom is -0.383 e. The zero-order valence-corrected chi connectivity index (χ0v) is 14.0. The smallest absolute Gasteiger partial charge is 0.239 e. The molecule has 24 heavy (non-hydrogen) atoms. The Morgan fingerprint density at radius 3 is 2.83 bits per heavy atom. The molecule has 0 aliphatic heterocycles. The van der Waals surface area contributed by atoms with Gasteiger partial charge < -0.3 is 20.7 Å². The zero-order valence-electron chi connectivity index (χ0n) is 14.0. The fraction of sp³-hybridized carbons (Fsp3) is 0.353. The van der Waals surface area contributed by atoms with Gasteiger partial charge in [-0.25, -0.2) is 0 Å². The molecule has 0 saturated heterocycles. The van der Waals surface area contributed by atoms with E-state index in [1.54, 1.807) is 20.4 Å². The monoisotopic (exact) mass is 329 g/mol. The zero-order chi connectivity index (χ0) is 17.2. The van der Waals surface area contributed by atoms with Gasteiger partial charge in [-0.15, -0.1) is 0 Å². The summed E-state index contributed by atoms with van der Waals surface area (Å²) in [4.78, 5) is 20.1. The van der Waals surface area contributed by atoms with Crippen LogP contribution >= 0.6 is 0 Å². The number of rotatable bonds is 7. The van der Waals surface area contributed by atoms with Gasteiger partial charge in [0.1, 0.15) is 0 Å². The molecule has 7 nitrogen and oxygen atoms in total. The Balaban J connectivity index is 1.86. The fourth-order valence-corrected chi connectivity index (χ4v) is 2.23. The number of carbonyl (C=O) groups excluding carboxylic acids is 1. The molecule has 128 valence electrons. The number of pyridine rings is 1. The van der Waals surface area contributed by atoms with Crippen molar-refractivity contribution >= 4 is 22.8 Å². The number of ether oxygens (including phenoxy) is 1. The first-order chi connectivity index (χ1) is 11.7. The Morgan fingerprint density at radius 1 is 1.21 bits per heavy atom. The molecule has 3 N–H and O–H groups in total. The van der Waals surface area contributed by atoms with E-state index >= 15 is 0 Å². The minimum atomic E-state index is -0.107. The maximum Gasteiger partial charge on any atom is 0.239 e. The van der Waals surface area contributed by atoms with Gasteiger partial charge in [-0.3, -0.25) is 14.8 Å². The van der Waals surface area contributed by atoms with Crippen LogP contribution in [0.2, 0.25) is 0 Å². The van der Waals surface area contributed by atoms with Crippen LogP contribution in [-0.2, 0) is 16.1 Å². The van der Waals surface area contributed by atoms with Gasteiger partial charge in [-0.05, 0) is 17.7 Å². The lowest BCUT2D eigenvalue weighted by molar-refractivity contribution is -0.120. The summed E-state index contributed by atoms with van der Waals surface area (Å²) >= 11 is 0. The van der Waals surface area contributed by atoms with Crippen molar-refractivity contribution in [2.45, 2.75) is 6.54 Å². The van der Waals surface area contributed by atoms with E-state index in [1.807, 2.05) is 30.3 Å². The molecule has 1 amide bonds. The molecule has 0 saturated carbocycles. The maximum absolute atomic E-state index is 11.7. The number of carbonyl (C=O) groups is 1. The van der Waals surface area contributed by atoms with Gasteiger partial charge in [0.15, 0.2) is 5.96 Å². The van der Waals surface area contributed by atoms with Crippen LogP contribution in [0.3, 0.4) is 0 Å². The quantitative estimate of drug-likeness (QED) is 0.395.